The van der Waals surface area contributed by atoms with Crippen molar-refractivity contribution in [1.29, 1.82) is 0 Å². The molecule has 2 atom stereocenters. The van der Waals surface area contributed by atoms with Gasteiger partial charge < -0.3 is 19.9 Å². The Bertz CT molecular complexity index is 1390. The predicted octanol–water partition coefficient (Wildman–Crippen LogP) is 4.43. The number of nitrogens with one attached hydrogen (secondary N) is 2. The van der Waals surface area contributed by atoms with Crippen LogP contribution in [0.4, 0.5) is 17.6 Å². The van der Waals surface area contributed by atoms with Crippen LogP contribution in [-0.2, 0) is 11.0 Å². The number of ether oxygens (including phenoxy) is 1. The van der Waals surface area contributed by atoms with Crippen LogP contribution in [0.15, 0.2) is 24.5 Å². The third kappa shape index (κ3) is 5.03. The van der Waals surface area contributed by atoms with E-state index in [2.05, 4.69) is 20.3 Å². The van der Waals surface area contributed by atoms with Gasteiger partial charge >= 0.3 is 6.18 Å². The van der Waals surface area contributed by atoms with Crippen LogP contribution in [0.25, 0.3) is 22.3 Å². The fourth-order valence-corrected chi connectivity index (χ4v) is 4.68. The number of aromatic nitrogens is 3. The van der Waals surface area contributed by atoms with Crippen molar-refractivity contribution in [2.45, 2.75) is 51.5 Å². The first kappa shape index (κ1) is 25.9. The number of benzene rings is 1. The van der Waals surface area contributed by atoms with Crippen molar-refractivity contribution < 1.29 is 31.9 Å². The highest BCUT2D eigenvalue weighted by Crippen LogP contribution is 2.40. The van der Waals surface area contributed by atoms with Gasteiger partial charge in [0.1, 0.15) is 29.5 Å². The lowest BCUT2D eigenvalue weighted by Crippen LogP contribution is -2.42. The third-order valence-electron chi connectivity index (χ3n) is 6.95. The minimum Gasteiger partial charge on any atom is -0.493 e. The van der Waals surface area contributed by atoms with Crippen LogP contribution in [0.5, 0.6) is 5.75 Å². The number of hydrogen-bond donors (Lipinski definition) is 2. The first-order valence-corrected chi connectivity index (χ1v) is 12.5. The Morgan fingerprint density at radius 1 is 1.21 bits per heavy atom. The lowest BCUT2D eigenvalue weighted by Gasteiger charge is -2.16. The third-order valence-corrected chi connectivity index (χ3v) is 6.95. The lowest BCUT2D eigenvalue weighted by atomic mass is 10.0. The number of carbonyl (C=O) groups is 2. The maximum absolute atomic E-state index is 14.6. The van der Waals surface area contributed by atoms with Crippen LogP contribution in [0.3, 0.4) is 0 Å². The van der Waals surface area contributed by atoms with E-state index in [-0.39, 0.29) is 59.0 Å². The highest BCUT2D eigenvalue weighted by Gasteiger charge is 2.37. The first-order chi connectivity index (χ1) is 18.1. The Hall–Kier alpha value is -3.70. The number of hydrogen-bond acceptors (Lipinski definition) is 5. The van der Waals surface area contributed by atoms with Crippen LogP contribution >= 0.6 is 0 Å². The number of H-pyrrole nitrogens is 1. The minimum atomic E-state index is -4.58. The summed E-state index contributed by atoms with van der Waals surface area (Å²) in [4.78, 5) is 38.1. The second-order valence-corrected chi connectivity index (χ2v) is 9.78. The average Bonchev–Trinajstić information content (AvgIpc) is 3.55. The molecule has 0 spiro atoms. The summed E-state index contributed by atoms with van der Waals surface area (Å²) in [5.41, 5.74) is 0.375. The Balaban J connectivity index is 1.50. The molecular weight excluding hydrogens is 506 g/mol. The van der Waals surface area contributed by atoms with E-state index in [4.69, 9.17) is 4.74 Å². The second-order valence-electron chi connectivity index (χ2n) is 9.78. The Labute approximate surface area is 215 Å². The van der Waals surface area contributed by atoms with Crippen molar-refractivity contribution in [3.8, 4) is 17.0 Å². The molecule has 5 rings (SSSR count). The molecular formula is C26H27F4N5O3. The molecule has 1 aliphatic heterocycles. The normalized spacial score (nSPS) is 19.7. The van der Waals surface area contributed by atoms with Crippen molar-refractivity contribution >= 4 is 22.8 Å². The van der Waals surface area contributed by atoms with Gasteiger partial charge in [0.25, 0.3) is 5.91 Å². The number of likely N-dealkylation sites (tertiary alicyclic amines) is 1. The number of fused-ring (bicyclic) bond motifs is 1. The molecule has 1 aliphatic carbocycles. The van der Waals surface area contributed by atoms with Gasteiger partial charge in [-0.05, 0) is 43.9 Å². The fourth-order valence-electron chi connectivity index (χ4n) is 4.68. The lowest BCUT2D eigenvalue weighted by molar-refractivity contribution is -0.137. The highest BCUT2D eigenvalue weighted by molar-refractivity contribution is 6.09. The Morgan fingerprint density at radius 3 is 2.66 bits per heavy atom. The van der Waals surface area contributed by atoms with Crippen molar-refractivity contribution in [1.82, 2.24) is 25.2 Å². The number of aryl methyl sites for hydroxylation is 1. The molecule has 0 bridgehead atoms. The first-order valence-electron chi connectivity index (χ1n) is 12.5. The van der Waals surface area contributed by atoms with Crippen molar-refractivity contribution in [2.24, 2.45) is 5.92 Å². The van der Waals surface area contributed by atoms with Gasteiger partial charge in [-0.15, -0.1) is 0 Å². The molecule has 8 nitrogen and oxygen atoms in total. The molecule has 2 aliphatic rings. The molecule has 1 saturated carbocycles. The number of nitrogens with zero attached hydrogens (tertiary/aromatic N) is 3. The second kappa shape index (κ2) is 9.88. The summed E-state index contributed by atoms with van der Waals surface area (Å²) in [5, 5.41) is 2.65. The van der Waals surface area contributed by atoms with Crippen LogP contribution in [-0.4, -0.2) is 63.6 Å². The number of carbonyl (C=O) groups excluding carboxylic acids is 2. The number of rotatable bonds is 7. The van der Waals surface area contributed by atoms with Gasteiger partial charge in [-0.2, -0.15) is 13.2 Å². The molecule has 3 aromatic rings. The summed E-state index contributed by atoms with van der Waals surface area (Å²) >= 11 is 0. The number of amides is 2. The van der Waals surface area contributed by atoms with Crippen molar-refractivity contribution in [3.05, 3.63) is 41.3 Å². The zero-order chi connectivity index (χ0) is 27.2. The zero-order valence-corrected chi connectivity index (χ0v) is 20.9. The molecule has 0 radical (unpaired) electrons. The maximum atomic E-state index is 14.6. The standard InChI is InChI=1S/C26H27F4N5O3/c1-3-20(36)35-9-17(27)18(10-35)34-25(37)21-13(2)33-24-22(31-12-32-23(21)24)16-8-15(26(28,29)30)6-7-19(16)38-11-14-4-5-14/h6-8,12,14,17-18,33H,3-5,9-11H2,1-2H3,(H,34,37)/t17-,18+/m0/s1. The van der Waals surface area contributed by atoms with E-state index < -0.39 is 29.9 Å². The summed E-state index contributed by atoms with van der Waals surface area (Å²) in [6.45, 7) is 3.63. The molecule has 2 amide bonds. The molecule has 1 aromatic carbocycles. The average molecular weight is 534 g/mol. The molecule has 0 unspecified atom stereocenters. The molecule has 2 N–H and O–H groups in total. The van der Waals surface area contributed by atoms with Crippen molar-refractivity contribution in [3.63, 3.8) is 0 Å². The number of alkyl halides is 4. The quantitative estimate of drug-likeness (QED) is 0.438. The summed E-state index contributed by atoms with van der Waals surface area (Å²) in [7, 11) is 0. The van der Waals surface area contributed by atoms with Gasteiger partial charge in [0.15, 0.2) is 0 Å². The molecule has 12 heteroatoms. The van der Waals surface area contributed by atoms with Crippen LogP contribution in [0.1, 0.15) is 47.8 Å². The monoisotopic (exact) mass is 533 g/mol. The summed E-state index contributed by atoms with van der Waals surface area (Å²) < 4.78 is 61.2. The minimum absolute atomic E-state index is 0.0488. The van der Waals surface area contributed by atoms with Crippen LogP contribution < -0.4 is 10.1 Å². The van der Waals surface area contributed by atoms with E-state index in [0.29, 0.717) is 18.2 Å². The van der Waals surface area contributed by atoms with Crippen LogP contribution in [0, 0.1) is 12.8 Å². The van der Waals surface area contributed by atoms with E-state index in [1.807, 2.05) is 0 Å². The Kier molecular flexibility index (Phi) is 6.74. The van der Waals surface area contributed by atoms with Crippen molar-refractivity contribution in [2.75, 3.05) is 19.7 Å². The zero-order valence-electron chi connectivity index (χ0n) is 20.9. The number of aromatic amines is 1. The highest BCUT2D eigenvalue weighted by atomic mass is 19.4. The molecule has 2 fully saturated rings. The summed E-state index contributed by atoms with van der Waals surface area (Å²) in [5.74, 6) is -0.191. The maximum Gasteiger partial charge on any atom is 0.416 e. The number of halogens is 4. The van der Waals surface area contributed by atoms with Gasteiger partial charge in [-0.25, -0.2) is 14.4 Å². The van der Waals surface area contributed by atoms with E-state index >= 15 is 0 Å². The fraction of sp³-hybridized carbons (Fsp3) is 0.462. The van der Waals surface area contributed by atoms with Gasteiger partial charge in [-0.1, -0.05) is 6.92 Å². The van der Waals surface area contributed by atoms with E-state index in [0.717, 1.165) is 25.0 Å². The van der Waals surface area contributed by atoms with E-state index in [1.165, 1.54) is 17.3 Å². The van der Waals surface area contributed by atoms with Gasteiger partial charge in [0.2, 0.25) is 5.91 Å². The van der Waals surface area contributed by atoms with Crippen LogP contribution in [0.2, 0.25) is 0 Å². The molecule has 3 heterocycles. The molecule has 2 aromatic heterocycles. The summed E-state index contributed by atoms with van der Waals surface area (Å²) in [6, 6.07) is 2.33. The van der Waals surface area contributed by atoms with Gasteiger partial charge in [0, 0.05) is 24.2 Å². The summed E-state index contributed by atoms with van der Waals surface area (Å²) in [6.07, 6.45) is -2.59. The SMILES string of the molecule is CCC(=O)N1C[C@H](F)[C@H](NC(=O)c2c(C)[nH]c3c(-c4cc(C(F)(F)F)ccc4OCC4CC4)ncnc23)C1. The van der Waals surface area contributed by atoms with Gasteiger partial charge in [-0.3, -0.25) is 9.59 Å². The Morgan fingerprint density at radius 2 is 1.97 bits per heavy atom. The topological polar surface area (TPSA) is 100 Å². The predicted molar refractivity (Wildman–Crippen MR) is 130 cm³/mol. The molecule has 1 saturated heterocycles. The van der Waals surface area contributed by atoms with E-state index in [9.17, 15) is 27.2 Å². The van der Waals surface area contributed by atoms with E-state index in [1.54, 1.807) is 13.8 Å². The molecule has 202 valence electrons. The smallest absolute Gasteiger partial charge is 0.416 e. The molecule has 38 heavy (non-hydrogen) atoms. The van der Waals surface area contributed by atoms with Gasteiger partial charge in [0.05, 0.1) is 35.8 Å². The largest absolute Gasteiger partial charge is 0.493 e.